The summed E-state index contributed by atoms with van der Waals surface area (Å²) >= 11 is 0. The summed E-state index contributed by atoms with van der Waals surface area (Å²) in [5.74, 6) is 0.867. The largest absolute Gasteiger partial charge is 0.313 e. The maximum absolute atomic E-state index is 3.80. The second kappa shape index (κ2) is 3.99. The van der Waals surface area contributed by atoms with Crippen molar-refractivity contribution < 1.29 is 0 Å². The topological polar surface area (TPSA) is 15.3 Å². The summed E-state index contributed by atoms with van der Waals surface area (Å²) in [6, 6.07) is 0.715. The lowest BCUT2D eigenvalue weighted by Crippen LogP contribution is -2.38. The highest BCUT2D eigenvalue weighted by molar-refractivity contribution is 5.17. The van der Waals surface area contributed by atoms with Gasteiger partial charge in [-0.3, -0.25) is 0 Å². The van der Waals surface area contributed by atoms with E-state index in [4.69, 9.17) is 0 Å². The van der Waals surface area contributed by atoms with Gasteiger partial charge in [-0.2, -0.15) is 0 Å². The minimum atomic E-state index is 0.480. The molecule has 1 heterocycles. The minimum Gasteiger partial charge on any atom is -0.313 e. The number of piperidine rings is 1. The Labute approximate surface area is 101 Å². The lowest BCUT2D eigenvalue weighted by Gasteiger charge is -2.30. The summed E-state index contributed by atoms with van der Waals surface area (Å²) in [5, 5.41) is 3.80. The van der Waals surface area contributed by atoms with Gasteiger partial charge in [0.15, 0.2) is 0 Å². The van der Waals surface area contributed by atoms with E-state index in [-0.39, 0.29) is 0 Å². The SMILES string of the molecule is CN1CCCC(CNC2C(C)(C)C2(C)C)C1. The maximum Gasteiger partial charge on any atom is 0.0181 e. The van der Waals surface area contributed by atoms with E-state index in [1.54, 1.807) is 0 Å². The number of likely N-dealkylation sites (tertiary alicyclic amines) is 1. The van der Waals surface area contributed by atoms with Crippen LogP contribution < -0.4 is 5.32 Å². The zero-order valence-electron chi connectivity index (χ0n) is 11.6. The van der Waals surface area contributed by atoms with Crippen LogP contribution in [-0.4, -0.2) is 37.6 Å². The van der Waals surface area contributed by atoms with Crippen molar-refractivity contribution in [2.75, 3.05) is 26.7 Å². The van der Waals surface area contributed by atoms with Crippen molar-refractivity contribution in [3.05, 3.63) is 0 Å². The molecule has 2 nitrogen and oxygen atoms in total. The molecule has 0 aromatic carbocycles. The molecule has 1 saturated carbocycles. The lowest BCUT2D eigenvalue weighted by atomic mass is 9.98. The molecule has 0 radical (unpaired) electrons. The number of hydrogen-bond donors (Lipinski definition) is 1. The number of nitrogens with zero attached hydrogens (tertiary/aromatic N) is 1. The highest BCUT2D eigenvalue weighted by Crippen LogP contribution is 2.62. The van der Waals surface area contributed by atoms with E-state index < -0.39 is 0 Å². The first-order valence-electron chi connectivity index (χ1n) is 6.77. The first kappa shape index (κ1) is 12.4. The Balaban J connectivity index is 1.77. The van der Waals surface area contributed by atoms with E-state index >= 15 is 0 Å². The number of nitrogens with one attached hydrogen (secondary N) is 1. The molecule has 2 heteroatoms. The Morgan fingerprint density at radius 1 is 1.19 bits per heavy atom. The Bertz CT molecular complexity index is 243. The molecular formula is C14H28N2. The quantitative estimate of drug-likeness (QED) is 0.791. The molecule has 2 rings (SSSR count). The molecule has 0 bridgehead atoms. The molecule has 2 fully saturated rings. The molecule has 2 aliphatic rings. The fourth-order valence-corrected chi connectivity index (χ4v) is 3.43. The first-order valence-corrected chi connectivity index (χ1v) is 6.77. The van der Waals surface area contributed by atoms with Crippen molar-refractivity contribution in [2.45, 2.75) is 46.6 Å². The van der Waals surface area contributed by atoms with Crippen LogP contribution in [0.5, 0.6) is 0 Å². The van der Waals surface area contributed by atoms with Crippen LogP contribution in [0.3, 0.4) is 0 Å². The van der Waals surface area contributed by atoms with E-state index in [0.717, 1.165) is 5.92 Å². The predicted octanol–water partition coefficient (Wildman–Crippen LogP) is 2.35. The van der Waals surface area contributed by atoms with Crippen LogP contribution in [0, 0.1) is 16.7 Å². The smallest absolute Gasteiger partial charge is 0.0181 e. The zero-order valence-corrected chi connectivity index (χ0v) is 11.6. The molecule has 0 amide bonds. The zero-order chi connectivity index (χ0) is 12.0. The Morgan fingerprint density at radius 3 is 2.31 bits per heavy atom. The van der Waals surface area contributed by atoms with E-state index in [1.165, 1.54) is 32.5 Å². The molecule has 0 aromatic heterocycles. The highest BCUT2D eigenvalue weighted by atomic mass is 15.1. The number of hydrogen-bond acceptors (Lipinski definition) is 2. The normalized spacial score (nSPS) is 33.9. The third kappa shape index (κ3) is 2.02. The van der Waals surface area contributed by atoms with Crippen LogP contribution in [0.4, 0.5) is 0 Å². The van der Waals surface area contributed by atoms with Gasteiger partial charge in [0.05, 0.1) is 0 Å². The van der Waals surface area contributed by atoms with E-state index in [2.05, 4.69) is 45.0 Å². The third-order valence-electron chi connectivity index (χ3n) is 5.35. The van der Waals surface area contributed by atoms with Crippen LogP contribution >= 0.6 is 0 Å². The summed E-state index contributed by atoms with van der Waals surface area (Å²) < 4.78 is 0. The van der Waals surface area contributed by atoms with E-state index in [9.17, 15) is 0 Å². The van der Waals surface area contributed by atoms with Crippen LogP contribution in [0.1, 0.15) is 40.5 Å². The summed E-state index contributed by atoms with van der Waals surface area (Å²) in [5.41, 5.74) is 0.959. The maximum atomic E-state index is 3.80. The van der Waals surface area contributed by atoms with Gasteiger partial charge in [-0.05, 0) is 49.7 Å². The summed E-state index contributed by atoms with van der Waals surface area (Å²) in [6.07, 6.45) is 2.78. The van der Waals surface area contributed by atoms with Gasteiger partial charge in [0, 0.05) is 12.6 Å². The van der Waals surface area contributed by atoms with Gasteiger partial charge in [-0.15, -0.1) is 0 Å². The van der Waals surface area contributed by atoms with Gasteiger partial charge in [0.2, 0.25) is 0 Å². The third-order valence-corrected chi connectivity index (χ3v) is 5.35. The summed E-state index contributed by atoms with van der Waals surface area (Å²) in [7, 11) is 2.25. The van der Waals surface area contributed by atoms with Gasteiger partial charge in [-0.1, -0.05) is 27.7 Å². The Hall–Kier alpha value is -0.0800. The van der Waals surface area contributed by atoms with Crippen molar-refractivity contribution in [1.29, 1.82) is 0 Å². The average molecular weight is 224 g/mol. The van der Waals surface area contributed by atoms with E-state index in [1.807, 2.05) is 0 Å². The van der Waals surface area contributed by atoms with Crippen molar-refractivity contribution in [3.63, 3.8) is 0 Å². The van der Waals surface area contributed by atoms with Crippen molar-refractivity contribution in [2.24, 2.45) is 16.7 Å². The van der Waals surface area contributed by atoms with Crippen LogP contribution in [-0.2, 0) is 0 Å². The van der Waals surface area contributed by atoms with Gasteiger partial charge in [0.1, 0.15) is 0 Å². The predicted molar refractivity (Wildman–Crippen MR) is 69.6 cm³/mol. The van der Waals surface area contributed by atoms with Gasteiger partial charge < -0.3 is 10.2 Å². The molecule has 1 aliphatic heterocycles. The molecule has 94 valence electrons. The number of rotatable bonds is 3. The van der Waals surface area contributed by atoms with Crippen LogP contribution in [0.25, 0.3) is 0 Å². The van der Waals surface area contributed by atoms with Crippen molar-refractivity contribution in [1.82, 2.24) is 10.2 Å². The van der Waals surface area contributed by atoms with E-state index in [0.29, 0.717) is 16.9 Å². The Morgan fingerprint density at radius 2 is 1.81 bits per heavy atom. The monoisotopic (exact) mass is 224 g/mol. The fourth-order valence-electron chi connectivity index (χ4n) is 3.43. The molecular weight excluding hydrogens is 196 g/mol. The first-order chi connectivity index (χ1) is 7.35. The summed E-state index contributed by atoms with van der Waals surface area (Å²) in [6.45, 7) is 13.3. The second-order valence-electron chi connectivity index (χ2n) is 7.06. The molecule has 1 aliphatic carbocycles. The highest BCUT2D eigenvalue weighted by Gasteiger charge is 2.64. The lowest BCUT2D eigenvalue weighted by molar-refractivity contribution is 0.204. The van der Waals surface area contributed by atoms with Gasteiger partial charge in [0.25, 0.3) is 0 Å². The molecule has 1 unspecified atom stereocenters. The molecule has 0 aromatic rings. The second-order valence-corrected chi connectivity index (χ2v) is 7.06. The molecule has 1 atom stereocenters. The standard InChI is InChI=1S/C14H28N2/c1-13(2)12(14(13,3)4)15-9-11-7-6-8-16(5)10-11/h11-12,15H,6-10H2,1-5H3. The minimum absolute atomic E-state index is 0.480. The average Bonchev–Trinajstić information content (AvgIpc) is 2.55. The van der Waals surface area contributed by atoms with Gasteiger partial charge in [-0.25, -0.2) is 0 Å². The van der Waals surface area contributed by atoms with Crippen molar-refractivity contribution >= 4 is 0 Å². The molecule has 1 N–H and O–H groups in total. The molecule has 0 spiro atoms. The molecule has 16 heavy (non-hydrogen) atoms. The van der Waals surface area contributed by atoms with Gasteiger partial charge >= 0.3 is 0 Å². The Kier molecular flexibility index (Phi) is 3.09. The fraction of sp³-hybridized carbons (Fsp3) is 1.00. The van der Waals surface area contributed by atoms with Crippen LogP contribution in [0.15, 0.2) is 0 Å². The van der Waals surface area contributed by atoms with Crippen LogP contribution in [0.2, 0.25) is 0 Å². The van der Waals surface area contributed by atoms with Crippen molar-refractivity contribution in [3.8, 4) is 0 Å². The summed E-state index contributed by atoms with van der Waals surface area (Å²) in [4.78, 5) is 2.47. The molecule has 1 saturated heterocycles.